The van der Waals surface area contributed by atoms with Crippen LogP contribution in [0.25, 0.3) is 10.2 Å². The van der Waals surface area contributed by atoms with Crippen molar-refractivity contribution in [2.24, 2.45) is 0 Å². The van der Waals surface area contributed by atoms with Gasteiger partial charge in [-0.05, 0) is 12.1 Å². The van der Waals surface area contributed by atoms with Gasteiger partial charge in [-0.15, -0.1) is 6.42 Å². The molecule has 0 unspecified atom stereocenters. The number of fused-ring (bicyclic) bond motifs is 1. The molecule has 2 nitrogen and oxygen atoms in total. The van der Waals surface area contributed by atoms with Crippen LogP contribution in [0.15, 0.2) is 24.3 Å². The average molecular weight is 189 g/mol. The van der Waals surface area contributed by atoms with Crippen molar-refractivity contribution < 1.29 is 4.74 Å². The SMILES string of the molecule is C#CCOc1nc2ccccc2s1. The highest BCUT2D eigenvalue weighted by molar-refractivity contribution is 7.20. The minimum Gasteiger partial charge on any atom is -0.457 e. The molecule has 1 aromatic heterocycles. The number of hydrogen-bond donors (Lipinski definition) is 0. The Morgan fingerprint density at radius 2 is 2.31 bits per heavy atom. The molecule has 0 radical (unpaired) electrons. The standard InChI is InChI=1S/C10H7NOS/c1-2-7-12-10-11-8-5-3-4-6-9(8)13-10/h1,3-6H,7H2. The predicted octanol–water partition coefficient (Wildman–Crippen LogP) is 2.31. The number of ether oxygens (including phenoxy) is 1. The lowest BCUT2D eigenvalue weighted by molar-refractivity contribution is 0.369. The Labute approximate surface area is 80.2 Å². The van der Waals surface area contributed by atoms with Crippen LogP contribution in [0, 0.1) is 12.3 Å². The van der Waals surface area contributed by atoms with E-state index in [0.717, 1.165) is 10.2 Å². The molecule has 13 heavy (non-hydrogen) atoms. The Balaban J connectivity index is 2.34. The van der Waals surface area contributed by atoms with Crippen LogP contribution in [0.3, 0.4) is 0 Å². The molecule has 64 valence electrons. The number of nitrogens with zero attached hydrogens (tertiary/aromatic N) is 1. The van der Waals surface area contributed by atoms with Crippen LogP contribution >= 0.6 is 11.3 Å². The number of para-hydroxylation sites is 1. The van der Waals surface area contributed by atoms with Gasteiger partial charge in [0, 0.05) is 0 Å². The summed E-state index contributed by atoms with van der Waals surface area (Å²) < 4.78 is 6.33. The monoisotopic (exact) mass is 189 g/mol. The van der Waals surface area contributed by atoms with E-state index in [9.17, 15) is 0 Å². The third-order valence-electron chi connectivity index (χ3n) is 1.55. The molecule has 2 rings (SSSR count). The van der Waals surface area contributed by atoms with Crippen LogP contribution < -0.4 is 4.74 Å². The third-order valence-corrected chi connectivity index (χ3v) is 2.50. The molecule has 1 aromatic carbocycles. The second kappa shape index (κ2) is 3.46. The van der Waals surface area contributed by atoms with Crippen molar-refractivity contribution in [1.82, 2.24) is 4.98 Å². The van der Waals surface area contributed by atoms with Crippen molar-refractivity contribution in [3.63, 3.8) is 0 Å². The van der Waals surface area contributed by atoms with Gasteiger partial charge in [-0.3, -0.25) is 0 Å². The van der Waals surface area contributed by atoms with Gasteiger partial charge < -0.3 is 4.74 Å². The molecule has 0 spiro atoms. The molecule has 0 amide bonds. The summed E-state index contributed by atoms with van der Waals surface area (Å²) in [5, 5.41) is 0.638. The van der Waals surface area contributed by atoms with Crippen LogP contribution in [0.4, 0.5) is 0 Å². The summed E-state index contributed by atoms with van der Waals surface area (Å²) >= 11 is 1.51. The largest absolute Gasteiger partial charge is 0.457 e. The second-order valence-corrected chi connectivity index (χ2v) is 3.43. The van der Waals surface area contributed by atoms with Crippen LogP contribution in [-0.4, -0.2) is 11.6 Å². The van der Waals surface area contributed by atoms with Gasteiger partial charge in [0.1, 0.15) is 0 Å². The van der Waals surface area contributed by atoms with E-state index < -0.39 is 0 Å². The van der Waals surface area contributed by atoms with E-state index in [0.29, 0.717) is 5.19 Å². The van der Waals surface area contributed by atoms with E-state index in [2.05, 4.69) is 10.9 Å². The molecule has 0 aliphatic carbocycles. The van der Waals surface area contributed by atoms with Gasteiger partial charge in [0.2, 0.25) is 0 Å². The van der Waals surface area contributed by atoms with Gasteiger partial charge >= 0.3 is 0 Å². The summed E-state index contributed by atoms with van der Waals surface area (Å²) in [5.41, 5.74) is 0.958. The van der Waals surface area contributed by atoms with Crippen molar-refractivity contribution in [1.29, 1.82) is 0 Å². The zero-order valence-electron chi connectivity index (χ0n) is 6.86. The zero-order chi connectivity index (χ0) is 9.10. The summed E-state index contributed by atoms with van der Waals surface area (Å²) in [6.07, 6.45) is 5.07. The Morgan fingerprint density at radius 3 is 3.08 bits per heavy atom. The summed E-state index contributed by atoms with van der Waals surface area (Å²) in [7, 11) is 0. The molecule has 0 atom stereocenters. The summed E-state index contributed by atoms with van der Waals surface area (Å²) in [4.78, 5) is 4.25. The first-order valence-electron chi connectivity index (χ1n) is 3.82. The molecule has 0 aliphatic heterocycles. The van der Waals surface area contributed by atoms with Crippen LogP contribution in [0.5, 0.6) is 5.19 Å². The fourth-order valence-electron chi connectivity index (χ4n) is 1.02. The van der Waals surface area contributed by atoms with E-state index in [1.54, 1.807) is 0 Å². The lowest BCUT2D eigenvalue weighted by atomic mass is 10.3. The minimum atomic E-state index is 0.278. The molecular formula is C10H7NOS. The summed E-state index contributed by atoms with van der Waals surface area (Å²) in [6, 6.07) is 7.89. The topological polar surface area (TPSA) is 22.1 Å². The Bertz CT molecular complexity index is 422. The smallest absolute Gasteiger partial charge is 0.275 e. The minimum absolute atomic E-state index is 0.278. The number of benzene rings is 1. The van der Waals surface area contributed by atoms with Gasteiger partial charge in [0.25, 0.3) is 5.19 Å². The number of thiazole rings is 1. The number of aromatic nitrogens is 1. The highest BCUT2D eigenvalue weighted by atomic mass is 32.1. The summed E-state index contributed by atoms with van der Waals surface area (Å²) in [5.74, 6) is 2.40. The molecule has 2 aromatic rings. The Kier molecular flexibility index (Phi) is 2.15. The number of hydrogen-bond acceptors (Lipinski definition) is 3. The molecule has 0 bridgehead atoms. The fraction of sp³-hybridized carbons (Fsp3) is 0.100. The van der Waals surface area contributed by atoms with Crippen LogP contribution in [0.1, 0.15) is 0 Å². The molecular weight excluding hydrogens is 182 g/mol. The van der Waals surface area contributed by atoms with E-state index in [4.69, 9.17) is 11.2 Å². The highest BCUT2D eigenvalue weighted by Gasteiger charge is 2.01. The van der Waals surface area contributed by atoms with Gasteiger partial charge in [0.15, 0.2) is 6.61 Å². The highest BCUT2D eigenvalue weighted by Crippen LogP contribution is 2.26. The van der Waals surface area contributed by atoms with E-state index in [1.165, 1.54) is 11.3 Å². The Hall–Kier alpha value is -1.53. The quantitative estimate of drug-likeness (QED) is 0.676. The molecule has 1 heterocycles. The molecule has 0 saturated heterocycles. The van der Waals surface area contributed by atoms with Gasteiger partial charge in [0.05, 0.1) is 10.2 Å². The van der Waals surface area contributed by atoms with Gasteiger partial charge in [-0.25, -0.2) is 4.98 Å². The van der Waals surface area contributed by atoms with E-state index in [-0.39, 0.29) is 6.61 Å². The maximum atomic E-state index is 5.21. The van der Waals surface area contributed by atoms with E-state index in [1.807, 2.05) is 24.3 Å². The van der Waals surface area contributed by atoms with Crippen molar-refractivity contribution in [3.8, 4) is 17.5 Å². The molecule has 0 aliphatic rings. The first kappa shape index (κ1) is 8.09. The molecule has 0 saturated carbocycles. The number of terminal acetylenes is 1. The lowest BCUT2D eigenvalue weighted by Crippen LogP contribution is -1.91. The lowest BCUT2D eigenvalue weighted by Gasteiger charge is -1.91. The van der Waals surface area contributed by atoms with Crippen molar-refractivity contribution in [3.05, 3.63) is 24.3 Å². The second-order valence-electron chi connectivity index (χ2n) is 2.44. The van der Waals surface area contributed by atoms with Crippen LogP contribution in [-0.2, 0) is 0 Å². The van der Waals surface area contributed by atoms with Crippen molar-refractivity contribution >= 4 is 21.6 Å². The first-order valence-corrected chi connectivity index (χ1v) is 4.63. The molecule has 0 N–H and O–H groups in total. The maximum absolute atomic E-state index is 5.21. The van der Waals surface area contributed by atoms with E-state index >= 15 is 0 Å². The van der Waals surface area contributed by atoms with Gasteiger partial charge in [-0.2, -0.15) is 0 Å². The Morgan fingerprint density at radius 1 is 1.46 bits per heavy atom. The molecule has 3 heteroatoms. The van der Waals surface area contributed by atoms with Crippen LogP contribution in [0.2, 0.25) is 0 Å². The number of rotatable bonds is 2. The fourth-order valence-corrected chi connectivity index (χ4v) is 1.83. The normalized spacial score (nSPS) is 9.77. The summed E-state index contributed by atoms with van der Waals surface area (Å²) in [6.45, 7) is 0.278. The third kappa shape index (κ3) is 1.63. The average Bonchev–Trinajstić information content (AvgIpc) is 2.57. The van der Waals surface area contributed by atoms with Gasteiger partial charge in [-0.1, -0.05) is 29.4 Å². The molecule has 0 fully saturated rings. The maximum Gasteiger partial charge on any atom is 0.275 e. The van der Waals surface area contributed by atoms with Crippen molar-refractivity contribution in [2.75, 3.05) is 6.61 Å². The van der Waals surface area contributed by atoms with Crippen molar-refractivity contribution in [2.45, 2.75) is 0 Å². The first-order chi connectivity index (χ1) is 6.40. The zero-order valence-corrected chi connectivity index (χ0v) is 7.67. The predicted molar refractivity (Wildman–Crippen MR) is 53.9 cm³/mol.